The van der Waals surface area contributed by atoms with Crippen LogP contribution in [-0.2, 0) is 9.47 Å². The van der Waals surface area contributed by atoms with E-state index in [1.807, 2.05) is 0 Å². The van der Waals surface area contributed by atoms with E-state index in [1.54, 1.807) is 0 Å². The Balaban J connectivity index is 1.84. The average molecular weight is 332 g/mol. The number of hydrogen-bond donors (Lipinski definition) is 3. The Bertz CT molecular complexity index is 274. The van der Waals surface area contributed by atoms with E-state index in [0.717, 1.165) is 12.8 Å². The second-order valence-corrected chi connectivity index (χ2v) is 6.68. The number of rotatable bonds is 14. The molecule has 0 aliphatic carbocycles. The Hall–Kier alpha value is -0.200. The van der Waals surface area contributed by atoms with Gasteiger partial charge in [-0.05, 0) is 6.42 Å². The van der Waals surface area contributed by atoms with Crippen LogP contribution in [0.15, 0.2) is 0 Å². The van der Waals surface area contributed by atoms with Gasteiger partial charge >= 0.3 is 0 Å². The molecule has 0 aromatic rings. The highest BCUT2D eigenvalue weighted by molar-refractivity contribution is 4.87. The standard InChI is InChI=1S/C18H36O5/c1-2-3-4-5-6-7-8-9-10-11-12-22-13-16(20)18-17(21)15(19)14-23-18/h15-21H,2-14H2,1H3/t15?,16?,17-,18-/m1/s1. The van der Waals surface area contributed by atoms with Crippen molar-refractivity contribution in [2.75, 3.05) is 19.8 Å². The largest absolute Gasteiger partial charge is 0.388 e. The highest BCUT2D eigenvalue weighted by Crippen LogP contribution is 2.18. The zero-order valence-electron chi connectivity index (χ0n) is 14.7. The molecule has 3 N–H and O–H groups in total. The van der Waals surface area contributed by atoms with Crippen molar-refractivity contribution >= 4 is 0 Å². The first-order valence-corrected chi connectivity index (χ1v) is 9.40. The first-order valence-electron chi connectivity index (χ1n) is 9.40. The molecular weight excluding hydrogens is 296 g/mol. The Morgan fingerprint density at radius 2 is 1.52 bits per heavy atom. The number of unbranched alkanes of at least 4 members (excludes halogenated alkanes) is 9. The van der Waals surface area contributed by atoms with E-state index in [9.17, 15) is 15.3 Å². The third-order valence-corrected chi connectivity index (χ3v) is 4.50. The third kappa shape index (κ3) is 9.01. The number of aliphatic hydroxyl groups is 3. The molecule has 23 heavy (non-hydrogen) atoms. The lowest BCUT2D eigenvalue weighted by Crippen LogP contribution is -2.40. The molecule has 0 bridgehead atoms. The topological polar surface area (TPSA) is 79.2 Å². The van der Waals surface area contributed by atoms with E-state index in [-0.39, 0.29) is 13.2 Å². The molecule has 5 heteroatoms. The van der Waals surface area contributed by atoms with Crippen molar-refractivity contribution in [2.45, 2.75) is 95.5 Å². The normalized spacial score (nSPS) is 25.8. The molecule has 4 atom stereocenters. The summed E-state index contributed by atoms with van der Waals surface area (Å²) in [4.78, 5) is 0. The molecule has 0 saturated carbocycles. The predicted octanol–water partition coefficient (Wildman–Crippen LogP) is 2.41. The van der Waals surface area contributed by atoms with Crippen LogP contribution in [0.5, 0.6) is 0 Å². The number of hydrogen-bond acceptors (Lipinski definition) is 5. The van der Waals surface area contributed by atoms with Gasteiger partial charge in [0.2, 0.25) is 0 Å². The van der Waals surface area contributed by atoms with E-state index < -0.39 is 24.4 Å². The fourth-order valence-corrected chi connectivity index (χ4v) is 2.95. The molecule has 0 radical (unpaired) electrons. The molecule has 2 unspecified atom stereocenters. The summed E-state index contributed by atoms with van der Waals surface area (Å²) in [6.45, 7) is 3.08. The maximum absolute atomic E-state index is 9.88. The molecule has 0 aromatic heterocycles. The Morgan fingerprint density at radius 1 is 0.957 bits per heavy atom. The molecule has 1 aliphatic rings. The highest BCUT2D eigenvalue weighted by atomic mass is 16.5. The van der Waals surface area contributed by atoms with Crippen LogP contribution in [0, 0.1) is 0 Å². The fraction of sp³-hybridized carbons (Fsp3) is 1.00. The average Bonchev–Trinajstić information content (AvgIpc) is 2.88. The number of ether oxygens (including phenoxy) is 2. The van der Waals surface area contributed by atoms with Gasteiger partial charge < -0.3 is 24.8 Å². The molecule has 0 aromatic carbocycles. The fourth-order valence-electron chi connectivity index (χ4n) is 2.95. The van der Waals surface area contributed by atoms with Crippen LogP contribution in [0.25, 0.3) is 0 Å². The summed E-state index contributed by atoms with van der Waals surface area (Å²) in [6, 6.07) is 0. The lowest BCUT2D eigenvalue weighted by atomic mass is 10.1. The minimum absolute atomic E-state index is 0.0708. The lowest BCUT2D eigenvalue weighted by molar-refractivity contribution is -0.0813. The van der Waals surface area contributed by atoms with Gasteiger partial charge in [-0.3, -0.25) is 0 Å². The maximum Gasteiger partial charge on any atom is 0.114 e. The molecule has 0 spiro atoms. The first-order chi connectivity index (χ1) is 11.2. The molecule has 1 rings (SSSR count). The summed E-state index contributed by atoms with van der Waals surface area (Å²) in [7, 11) is 0. The van der Waals surface area contributed by atoms with Gasteiger partial charge in [0.1, 0.15) is 24.4 Å². The van der Waals surface area contributed by atoms with Gasteiger partial charge in [0.25, 0.3) is 0 Å². The van der Waals surface area contributed by atoms with Gasteiger partial charge in [0, 0.05) is 6.61 Å². The van der Waals surface area contributed by atoms with Crippen molar-refractivity contribution in [2.24, 2.45) is 0 Å². The quantitative estimate of drug-likeness (QED) is 0.426. The minimum Gasteiger partial charge on any atom is -0.388 e. The minimum atomic E-state index is -1.02. The molecule has 1 heterocycles. The highest BCUT2D eigenvalue weighted by Gasteiger charge is 2.39. The molecule has 5 nitrogen and oxygen atoms in total. The van der Waals surface area contributed by atoms with Crippen LogP contribution in [0.1, 0.15) is 71.1 Å². The van der Waals surface area contributed by atoms with Gasteiger partial charge in [-0.2, -0.15) is 0 Å². The van der Waals surface area contributed by atoms with Gasteiger partial charge in [-0.1, -0.05) is 64.7 Å². The third-order valence-electron chi connectivity index (χ3n) is 4.50. The lowest BCUT2D eigenvalue weighted by Gasteiger charge is -2.20. The Morgan fingerprint density at radius 3 is 2.04 bits per heavy atom. The summed E-state index contributed by atoms with van der Waals surface area (Å²) in [5.74, 6) is 0. The summed E-state index contributed by atoms with van der Waals surface area (Å²) < 4.78 is 10.6. The summed E-state index contributed by atoms with van der Waals surface area (Å²) in [6.07, 6.45) is 9.27. The van der Waals surface area contributed by atoms with Gasteiger partial charge in [-0.25, -0.2) is 0 Å². The summed E-state index contributed by atoms with van der Waals surface area (Å²) in [5.41, 5.74) is 0. The Labute approximate surface area is 141 Å². The van der Waals surface area contributed by atoms with Crippen molar-refractivity contribution in [1.29, 1.82) is 0 Å². The van der Waals surface area contributed by atoms with Crippen molar-refractivity contribution in [1.82, 2.24) is 0 Å². The molecule has 1 saturated heterocycles. The first kappa shape index (κ1) is 20.8. The monoisotopic (exact) mass is 332 g/mol. The SMILES string of the molecule is CCCCCCCCCCCCOCC(O)[C@H]1OCC(O)[C@H]1O. The van der Waals surface area contributed by atoms with E-state index in [1.165, 1.54) is 51.4 Å². The van der Waals surface area contributed by atoms with Crippen LogP contribution in [-0.4, -0.2) is 59.6 Å². The molecule has 138 valence electrons. The van der Waals surface area contributed by atoms with E-state index >= 15 is 0 Å². The van der Waals surface area contributed by atoms with E-state index in [0.29, 0.717) is 6.61 Å². The second-order valence-electron chi connectivity index (χ2n) is 6.68. The van der Waals surface area contributed by atoms with Crippen LogP contribution in [0.4, 0.5) is 0 Å². The molecule has 1 fully saturated rings. The van der Waals surface area contributed by atoms with Crippen molar-refractivity contribution in [3.8, 4) is 0 Å². The smallest absolute Gasteiger partial charge is 0.114 e. The van der Waals surface area contributed by atoms with Crippen molar-refractivity contribution < 1.29 is 24.8 Å². The summed E-state index contributed by atoms with van der Waals surface area (Å²) >= 11 is 0. The van der Waals surface area contributed by atoms with Gasteiger partial charge in [0.05, 0.1) is 13.2 Å². The second kappa shape index (κ2) is 13.1. The zero-order valence-corrected chi connectivity index (χ0v) is 14.7. The molecular formula is C18H36O5. The van der Waals surface area contributed by atoms with E-state index in [2.05, 4.69) is 6.92 Å². The van der Waals surface area contributed by atoms with Crippen molar-refractivity contribution in [3.63, 3.8) is 0 Å². The van der Waals surface area contributed by atoms with Crippen LogP contribution >= 0.6 is 0 Å². The van der Waals surface area contributed by atoms with Crippen LogP contribution in [0.3, 0.4) is 0 Å². The number of aliphatic hydroxyl groups excluding tert-OH is 3. The van der Waals surface area contributed by atoms with Crippen LogP contribution in [0.2, 0.25) is 0 Å². The van der Waals surface area contributed by atoms with Gasteiger partial charge in [0.15, 0.2) is 0 Å². The van der Waals surface area contributed by atoms with Gasteiger partial charge in [-0.15, -0.1) is 0 Å². The molecule has 1 aliphatic heterocycles. The predicted molar refractivity (Wildman–Crippen MR) is 90.4 cm³/mol. The maximum atomic E-state index is 9.88. The summed E-state index contributed by atoms with van der Waals surface area (Å²) in [5, 5.41) is 28.9. The zero-order chi connectivity index (χ0) is 16.9. The van der Waals surface area contributed by atoms with Crippen molar-refractivity contribution in [3.05, 3.63) is 0 Å². The molecule has 0 amide bonds. The Kier molecular flexibility index (Phi) is 11.9. The van der Waals surface area contributed by atoms with Crippen LogP contribution < -0.4 is 0 Å². The van der Waals surface area contributed by atoms with E-state index in [4.69, 9.17) is 9.47 Å².